The van der Waals surface area contributed by atoms with E-state index < -0.39 is 53.8 Å². The summed E-state index contributed by atoms with van der Waals surface area (Å²) in [4.78, 5) is 31.9. The molecule has 0 heterocycles. The first-order chi connectivity index (χ1) is 11.1. The van der Waals surface area contributed by atoms with Gasteiger partial charge in [0.15, 0.2) is 5.56 Å². The number of hydrogen-bond donors (Lipinski definition) is 3. The van der Waals surface area contributed by atoms with Crippen molar-refractivity contribution < 1.29 is 14.6 Å². The van der Waals surface area contributed by atoms with Gasteiger partial charge in [0.05, 0.1) is 15.4 Å². The number of benzene rings is 1. The van der Waals surface area contributed by atoms with Crippen LogP contribution in [0.15, 0.2) is 0 Å². The van der Waals surface area contributed by atoms with E-state index >= 15 is 0 Å². The molecule has 0 aliphatic heterocycles. The fourth-order valence-electron chi connectivity index (χ4n) is 2.40. The molecule has 0 atom stereocenters. The lowest BCUT2D eigenvalue weighted by molar-refractivity contribution is -0.394. The zero-order valence-corrected chi connectivity index (χ0v) is 14.0. The van der Waals surface area contributed by atoms with Gasteiger partial charge >= 0.3 is 0 Å². The Hall–Kier alpha value is -2.73. The van der Waals surface area contributed by atoms with Gasteiger partial charge in [0.1, 0.15) is 15.5 Å². The summed E-state index contributed by atoms with van der Waals surface area (Å²) < 4.78 is 0. The van der Waals surface area contributed by atoms with Crippen LogP contribution in [0.2, 0.25) is 0 Å². The van der Waals surface area contributed by atoms with Gasteiger partial charge in [0.2, 0.25) is 5.91 Å². The molecule has 0 aliphatic carbocycles. The molecule has 1 amide bonds. The van der Waals surface area contributed by atoms with Crippen molar-refractivity contribution in [1.29, 1.82) is 0 Å². The summed E-state index contributed by atoms with van der Waals surface area (Å²) >= 11 is 9.53. The monoisotopic (exact) mass is 371 g/mol. The fraction of sp³-hybridized carbons (Fsp3) is 0.250. The molecule has 0 aliphatic rings. The highest BCUT2D eigenvalue weighted by Crippen LogP contribution is 2.39. The number of hydrogen-bond acceptors (Lipinski definition) is 7. The lowest BCUT2D eigenvalue weighted by atomic mass is 9.90. The zero-order valence-electron chi connectivity index (χ0n) is 12.4. The molecular formula is C12H13N5O5S2. The van der Waals surface area contributed by atoms with Crippen LogP contribution in [-0.2, 0) is 6.42 Å². The molecule has 12 heteroatoms. The Bertz CT molecular complexity index is 740. The van der Waals surface area contributed by atoms with E-state index in [9.17, 15) is 25.0 Å². The molecule has 1 rings (SSSR count). The summed E-state index contributed by atoms with van der Waals surface area (Å²) in [5, 5.41) is 23.0. The predicted octanol–water partition coefficient (Wildman–Crippen LogP) is 0.823. The number of nitrogens with zero attached hydrogens (tertiary/aromatic N) is 2. The van der Waals surface area contributed by atoms with Crippen molar-refractivity contribution in [2.75, 3.05) is 0 Å². The first kappa shape index (κ1) is 19.3. The number of primary amides is 1. The Balaban J connectivity index is 4.36. The summed E-state index contributed by atoms with van der Waals surface area (Å²) in [6.07, 6.45) is 0.407. The third kappa shape index (κ3) is 3.28. The molecule has 24 heavy (non-hydrogen) atoms. The van der Waals surface area contributed by atoms with Crippen LogP contribution in [0.4, 0.5) is 11.4 Å². The van der Waals surface area contributed by atoms with Crippen LogP contribution in [0.3, 0.4) is 0 Å². The van der Waals surface area contributed by atoms with Crippen LogP contribution >= 0.6 is 24.4 Å². The molecular weight excluding hydrogens is 358 g/mol. The molecule has 0 aromatic heterocycles. The second kappa shape index (κ2) is 7.23. The average Bonchev–Trinajstić information content (AvgIpc) is 2.44. The zero-order chi connectivity index (χ0) is 18.8. The molecule has 1 aromatic rings. The molecule has 10 nitrogen and oxygen atoms in total. The summed E-state index contributed by atoms with van der Waals surface area (Å²) in [5.74, 6) is -1.12. The van der Waals surface area contributed by atoms with E-state index in [-0.39, 0.29) is 12.0 Å². The highest BCUT2D eigenvalue weighted by atomic mass is 32.1. The van der Waals surface area contributed by atoms with Crippen LogP contribution in [0.5, 0.6) is 0 Å². The summed E-state index contributed by atoms with van der Waals surface area (Å²) in [6, 6.07) is 0. The smallest absolute Gasteiger partial charge is 0.297 e. The van der Waals surface area contributed by atoms with Gasteiger partial charge in [-0.2, -0.15) is 0 Å². The van der Waals surface area contributed by atoms with Crippen LogP contribution in [0.1, 0.15) is 40.4 Å². The van der Waals surface area contributed by atoms with Gasteiger partial charge in [-0.3, -0.25) is 25.0 Å². The van der Waals surface area contributed by atoms with E-state index in [0.717, 1.165) is 0 Å². The molecule has 0 fully saturated rings. The number of carbonyl (C=O) groups is 1. The predicted molar refractivity (Wildman–Crippen MR) is 94.0 cm³/mol. The van der Waals surface area contributed by atoms with Gasteiger partial charge < -0.3 is 17.2 Å². The molecule has 1 aromatic carbocycles. The molecule has 6 N–H and O–H groups in total. The van der Waals surface area contributed by atoms with Crippen molar-refractivity contribution in [3.05, 3.63) is 42.5 Å². The Morgan fingerprint density at radius 2 is 1.42 bits per heavy atom. The number of carbonyl (C=O) groups excluding carboxylic acids is 1. The average molecular weight is 371 g/mol. The SMILES string of the molecule is CCCc1c(C(N)=O)c(C(N)=S)c([N+](=O)[O-])c(C(N)=S)c1[N+](=O)[O-]. The van der Waals surface area contributed by atoms with Crippen molar-refractivity contribution >= 4 is 51.7 Å². The maximum Gasteiger partial charge on any atom is 0.297 e. The molecule has 0 bridgehead atoms. The Morgan fingerprint density at radius 1 is 0.958 bits per heavy atom. The van der Waals surface area contributed by atoms with Gasteiger partial charge in [-0.1, -0.05) is 37.8 Å². The van der Waals surface area contributed by atoms with Gasteiger partial charge in [-0.05, 0) is 6.42 Å². The minimum absolute atomic E-state index is 0.0256. The van der Waals surface area contributed by atoms with E-state index in [1.54, 1.807) is 6.92 Å². The highest BCUT2D eigenvalue weighted by Gasteiger charge is 2.39. The second-order valence-corrected chi connectivity index (χ2v) is 5.54. The Kier molecular flexibility index (Phi) is 5.82. The summed E-state index contributed by atoms with van der Waals surface area (Å²) in [6.45, 7) is 1.69. The maximum atomic E-state index is 11.9. The second-order valence-electron chi connectivity index (χ2n) is 4.66. The number of rotatable bonds is 7. The quantitative estimate of drug-likeness (QED) is 0.355. The van der Waals surface area contributed by atoms with Gasteiger partial charge in [0, 0.05) is 5.56 Å². The first-order valence-corrected chi connectivity index (χ1v) is 7.28. The molecule has 0 saturated heterocycles. The van der Waals surface area contributed by atoms with E-state index in [1.165, 1.54) is 0 Å². The van der Waals surface area contributed by atoms with E-state index in [0.29, 0.717) is 6.42 Å². The number of amides is 1. The molecule has 0 unspecified atom stereocenters. The van der Waals surface area contributed by atoms with Crippen molar-refractivity contribution in [2.24, 2.45) is 17.2 Å². The van der Waals surface area contributed by atoms with Crippen molar-refractivity contribution in [1.82, 2.24) is 0 Å². The molecule has 0 radical (unpaired) electrons. The Morgan fingerprint density at radius 3 is 1.71 bits per heavy atom. The minimum Gasteiger partial charge on any atom is -0.389 e. The van der Waals surface area contributed by atoms with Crippen LogP contribution < -0.4 is 17.2 Å². The van der Waals surface area contributed by atoms with Crippen molar-refractivity contribution in [3.63, 3.8) is 0 Å². The normalized spacial score (nSPS) is 10.2. The lowest BCUT2D eigenvalue weighted by Crippen LogP contribution is -2.27. The summed E-state index contributed by atoms with van der Waals surface area (Å²) in [5.41, 5.74) is 13.0. The van der Waals surface area contributed by atoms with E-state index in [2.05, 4.69) is 0 Å². The van der Waals surface area contributed by atoms with Gasteiger partial charge in [-0.15, -0.1) is 0 Å². The van der Waals surface area contributed by atoms with Gasteiger partial charge in [0.25, 0.3) is 11.4 Å². The van der Waals surface area contributed by atoms with Crippen LogP contribution in [0.25, 0.3) is 0 Å². The number of nitro benzene ring substituents is 2. The molecule has 0 spiro atoms. The third-order valence-electron chi connectivity index (χ3n) is 3.15. The van der Waals surface area contributed by atoms with Crippen LogP contribution in [-0.4, -0.2) is 25.7 Å². The van der Waals surface area contributed by atoms with Crippen LogP contribution in [0, 0.1) is 20.2 Å². The lowest BCUT2D eigenvalue weighted by Gasteiger charge is -2.15. The standard InChI is InChI=1S/C12H13N5O5S2/c1-2-3-4-5(10(13)18)6(11(14)23)9(17(21)22)7(12(15)24)8(4)16(19)20/h2-3H2,1H3,(H2,13,18)(H2,14,23)(H2,15,24). The number of nitro groups is 2. The molecule has 0 saturated carbocycles. The Labute approximate surface area is 146 Å². The maximum absolute atomic E-state index is 11.9. The van der Waals surface area contributed by atoms with Crippen molar-refractivity contribution in [2.45, 2.75) is 19.8 Å². The van der Waals surface area contributed by atoms with E-state index in [1.807, 2.05) is 0 Å². The topological polar surface area (TPSA) is 181 Å². The third-order valence-corrected chi connectivity index (χ3v) is 3.56. The first-order valence-electron chi connectivity index (χ1n) is 6.47. The molecule has 128 valence electrons. The fourth-order valence-corrected chi connectivity index (χ4v) is 2.79. The van der Waals surface area contributed by atoms with Crippen molar-refractivity contribution in [3.8, 4) is 0 Å². The van der Waals surface area contributed by atoms with Gasteiger partial charge in [-0.25, -0.2) is 0 Å². The highest BCUT2D eigenvalue weighted by molar-refractivity contribution is 7.81. The summed E-state index contributed by atoms with van der Waals surface area (Å²) in [7, 11) is 0. The number of nitrogens with two attached hydrogens (primary N) is 3. The van der Waals surface area contributed by atoms with E-state index in [4.69, 9.17) is 41.6 Å². The minimum atomic E-state index is -1.12. The largest absolute Gasteiger partial charge is 0.389 e. The number of thiocarbonyl (C=S) groups is 2.